The Morgan fingerprint density at radius 1 is 1.21 bits per heavy atom. The number of aliphatic hydroxyl groups is 3. The van der Waals surface area contributed by atoms with E-state index in [1.165, 1.54) is 0 Å². The molecular formula is C9H18O5. The molecule has 0 saturated carbocycles. The van der Waals surface area contributed by atoms with E-state index in [0.29, 0.717) is 6.61 Å². The Kier molecular flexibility index (Phi) is 4.28. The van der Waals surface area contributed by atoms with Crippen LogP contribution in [0.5, 0.6) is 0 Å². The molecule has 0 amide bonds. The van der Waals surface area contributed by atoms with E-state index < -0.39 is 30.7 Å². The molecule has 0 spiro atoms. The normalized spacial score (nSPS) is 43.9. The van der Waals surface area contributed by atoms with Gasteiger partial charge in [0.05, 0.1) is 6.10 Å². The summed E-state index contributed by atoms with van der Waals surface area (Å²) in [5, 5.41) is 28.4. The molecule has 5 heteroatoms. The van der Waals surface area contributed by atoms with Crippen molar-refractivity contribution in [2.24, 2.45) is 0 Å². The van der Waals surface area contributed by atoms with Gasteiger partial charge in [-0.1, -0.05) is 6.92 Å². The molecule has 84 valence electrons. The second-order valence-corrected chi connectivity index (χ2v) is 3.55. The quantitative estimate of drug-likeness (QED) is 0.565. The van der Waals surface area contributed by atoms with E-state index in [2.05, 4.69) is 0 Å². The maximum absolute atomic E-state index is 9.63. The summed E-state index contributed by atoms with van der Waals surface area (Å²) in [6.45, 7) is 4.00. The molecule has 3 N–H and O–H groups in total. The molecule has 0 aromatic rings. The van der Waals surface area contributed by atoms with E-state index in [4.69, 9.17) is 9.47 Å². The Labute approximate surface area is 83.3 Å². The van der Waals surface area contributed by atoms with E-state index in [0.717, 1.165) is 6.42 Å². The van der Waals surface area contributed by atoms with Crippen LogP contribution in [0.3, 0.4) is 0 Å². The van der Waals surface area contributed by atoms with Crippen molar-refractivity contribution in [3.8, 4) is 0 Å². The van der Waals surface area contributed by atoms with Crippen molar-refractivity contribution in [1.82, 2.24) is 0 Å². The smallest absolute Gasteiger partial charge is 0.183 e. The van der Waals surface area contributed by atoms with Crippen molar-refractivity contribution in [2.75, 3.05) is 6.61 Å². The number of hydrogen-bond acceptors (Lipinski definition) is 5. The molecule has 1 aliphatic rings. The zero-order valence-corrected chi connectivity index (χ0v) is 8.46. The molecule has 1 aliphatic heterocycles. The molecule has 1 heterocycles. The van der Waals surface area contributed by atoms with Crippen LogP contribution in [0.4, 0.5) is 0 Å². The van der Waals surface area contributed by atoms with Gasteiger partial charge in [-0.25, -0.2) is 0 Å². The Hall–Kier alpha value is -0.200. The first-order valence-corrected chi connectivity index (χ1v) is 4.89. The fourth-order valence-corrected chi connectivity index (χ4v) is 1.46. The average Bonchev–Trinajstić information content (AvgIpc) is 2.15. The summed E-state index contributed by atoms with van der Waals surface area (Å²) in [6.07, 6.45) is -3.88. The summed E-state index contributed by atoms with van der Waals surface area (Å²) in [5.74, 6) is 0. The van der Waals surface area contributed by atoms with E-state index in [1.54, 1.807) is 6.92 Å². The SMILES string of the molecule is CCCOC1C(O)C(C)OC(O)C1O. The van der Waals surface area contributed by atoms with Crippen LogP contribution < -0.4 is 0 Å². The van der Waals surface area contributed by atoms with Gasteiger partial charge < -0.3 is 24.8 Å². The summed E-state index contributed by atoms with van der Waals surface area (Å²) in [5.41, 5.74) is 0. The second kappa shape index (κ2) is 5.04. The highest BCUT2D eigenvalue weighted by molar-refractivity contribution is 4.87. The third kappa shape index (κ3) is 2.43. The first kappa shape index (κ1) is 11.9. The van der Waals surface area contributed by atoms with E-state index >= 15 is 0 Å². The van der Waals surface area contributed by atoms with Crippen LogP contribution in [0.2, 0.25) is 0 Å². The summed E-state index contributed by atoms with van der Waals surface area (Å²) in [6, 6.07) is 0. The third-order valence-electron chi connectivity index (χ3n) is 2.31. The number of aliphatic hydroxyl groups excluding tert-OH is 3. The molecule has 5 unspecified atom stereocenters. The number of rotatable bonds is 3. The molecule has 0 aromatic heterocycles. The van der Waals surface area contributed by atoms with Crippen molar-refractivity contribution < 1.29 is 24.8 Å². The van der Waals surface area contributed by atoms with E-state index in [-0.39, 0.29) is 0 Å². The highest BCUT2D eigenvalue weighted by atomic mass is 16.6. The monoisotopic (exact) mass is 206 g/mol. The van der Waals surface area contributed by atoms with Gasteiger partial charge in [-0.15, -0.1) is 0 Å². The number of hydrogen-bond donors (Lipinski definition) is 3. The van der Waals surface area contributed by atoms with Crippen LogP contribution in [0.15, 0.2) is 0 Å². The van der Waals surface area contributed by atoms with Crippen LogP contribution >= 0.6 is 0 Å². The van der Waals surface area contributed by atoms with Gasteiger partial charge in [0.25, 0.3) is 0 Å². The summed E-state index contributed by atoms with van der Waals surface area (Å²) in [7, 11) is 0. The van der Waals surface area contributed by atoms with Crippen molar-refractivity contribution in [2.45, 2.75) is 51.0 Å². The summed E-state index contributed by atoms with van der Waals surface area (Å²) >= 11 is 0. The van der Waals surface area contributed by atoms with Crippen LogP contribution in [-0.4, -0.2) is 52.6 Å². The zero-order chi connectivity index (χ0) is 10.7. The molecule has 1 rings (SSSR count). The fourth-order valence-electron chi connectivity index (χ4n) is 1.46. The minimum atomic E-state index is -1.28. The maximum Gasteiger partial charge on any atom is 0.183 e. The van der Waals surface area contributed by atoms with Crippen LogP contribution in [0.25, 0.3) is 0 Å². The van der Waals surface area contributed by atoms with E-state index in [9.17, 15) is 15.3 Å². The minimum absolute atomic E-state index is 0.443. The van der Waals surface area contributed by atoms with Gasteiger partial charge in [-0.2, -0.15) is 0 Å². The third-order valence-corrected chi connectivity index (χ3v) is 2.31. The van der Waals surface area contributed by atoms with Crippen LogP contribution in [-0.2, 0) is 9.47 Å². The van der Waals surface area contributed by atoms with Crippen LogP contribution in [0, 0.1) is 0 Å². The lowest BCUT2D eigenvalue weighted by molar-refractivity contribution is -0.286. The number of ether oxygens (including phenoxy) is 2. The van der Waals surface area contributed by atoms with Gasteiger partial charge in [0.2, 0.25) is 0 Å². The van der Waals surface area contributed by atoms with Gasteiger partial charge in [-0.05, 0) is 13.3 Å². The average molecular weight is 206 g/mol. The highest BCUT2D eigenvalue weighted by Gasteiger charge is 2.42. The lowest BCUT2D eigenvalue weighted by Gasteiger charge is -2.39. The molecule has 0 aliphatic carbocycles. The predicted octanol–water partition coefficient (Wildman–Crippen LogP) is -0.760. The maximum atomic E-state index is 9.63. The Morgan fingerprint density at radius 3 is 2.43 bits per heavy atom. The Bertz CT molecular complexity index is 161. The van der Waals surface area contributed by atoms with Gasteiger partial charge in [0.15, 0.2) is 6.29 Å². The molecule has 5 atom stereocenters. The molecule has 14 heavy (non-hydrogen) atoms. The van der Waals surface area contributed by atoms with Crippen LogP contribution in [0.1, 0.15) is 20.3 Å². The molecule has 5 nitrogen and oxygen atoms in total. The predicted molar refractivity (Wildman–Crippen MR) is 48.6 cm³/mol. The largest absolute Gasteiger partial charge is 0.388 e. The first-order chi connectivity index (χ1) is 6.57. The molecule has 0 bridgehead atoms. The summed E-state index contributed by atoms with van der Waals surface area (Å²) < 4.78 is 10.2. The van der Waals surface area contributed by atoms with Crippen molar-refractivity contribution in [1.29, 1.82) is 0 Å². The topological polar surface area (TPSA) is 79.2 Å². The summed E-state index contributed by atoms with van der Waals surface area (Å²) in [4.78, 5) is 0. The highest BCUT2D eigenvalue weighted by Crippen LogP contribution is 2.21. The second-order valence-electron chi connectivity index (χ2n) is 3.55. The van der Waals surface area contributed by atoms with Crippen molar-refractivity contribution in [3.63, 3.8) is 0 Å². The van der Waals surface area contributed by atoms with Gasteiger partial charge in [-0.3, -0.25) is 0 Å². The standard InChI is InChI=1S/C9H18O5/c1-3-4-13-8-6(10)5(2)14-9(12)7(8)11/h5-12H,3-4H2,1-2H3. The molecule has 1 saturated heterocycles. The fraction of sp³-hybridized carbons (Fsp3) is 1.00. The van der Waals surface area contributed by atoms with E-state index in [1.807, 2.05) is 6.92 Å². The molecule has 0 radical (unpaired) electrons. The molecule has 0 aromatic carbocycles. The van der Waals surface area contributed by atoms with Crippen molar-refractivity contribution >= 4 is 0 Å². The Balaban J connectivity index is 2.57. The zero-order valence-electron chi connectivity index (χ0n) is 8.46. The van der Waals surface area contributed by atoms with Gasteiger partial charge in [0.1, 0.15) is 18.3 Å². The molecule has 1 fully saturated rings. The Morgan fingerprint density at radius 2 is 1.86 bits per heavy atom. The minimum Gasteiger partial charge on any atom is -0.388 e. The lowest BCUT2D eigenvalue weighted by Crippen LogP contribution is -2.57. The van der Waals surface area contributed by atoms with Crippen molar-refractivity contribution in [3.05, 3.63) is 0 Å². The molecular weight excluding hydrogens is 188 g/mol. The first-order valence-electron chi connectivity index (χ1n) is 4.89. The lowest BCUT2D eigenvalue weighted by atomic mass is 10.00. The van der Waals surface area contributed by atoms with Gasteiger partial charge >= 0.3 is 0 Å². The van der Waals surface area contributed by atoms with Gasteiger partial charge in [0, 0.05) is 6.61 Å².